The SMILES string of the molecule is COC(=O)c1ccc(CCCc2ccc(NC(=O)c3c(NC(=O)c4cccc(CN(C(=O)CCC(C)(C)C(=O)O)C(C)C)c4)sc4c3CCCC4)cc2)cc1. The summed E-state index contributed by atoms with van der Waals surface area (Å²) in [6.07, 6.45) is 6.62. The fourth-order valence-corrected chi connectivity index (χ4v) is 7.96. The number of carbonyl (C=O) groups excluding carboxylic acids is 4. The van der Waals surface area contributed by atoms with Gasteiger partial charge in [0, 0.05) is 35.1 Å². The third-order valence-corrected chi connectivity index (χ3v) is 11.4. The summed E-state index contributed by atoms with van der Waals surface area (Å²) in [7, 11) is 1.37. The standard InChI is InChI=1S/C44H51N3O7S/c1-28(2)47(37(48)24-25-44(3,4)43(52)53)27-31-12-9-13-33(26-31)39(49)46-41-38(35-14-6-7-15-36(35)55-41)40(50)45-34-22-18-30(19-23-34)11-8-10-29-16-20-32(21-17-29)42(51)54-5/h9,12-13,16-23,26,28H,6-8,10-11,14-15,24-25,27H2,1-5H3,(H,45,50)(H,46,49)(H,52,53). The lowest BCUT2D eigenvalue weighted by atomic mass is 9.88. The first-order valence-corrected chi connectivity index (χ1v) is 19.7. The summed E-state index contributed by atoms with van der Waals surface area (Å²) in [6, 6.07) is 22.3. The Balaban J connectivity index is 1.23. The number of methoxy groups -OCH3 is 1. The van der Waals surface area contributed by atoms with Crippen molar-refractivity contribution in [3.8, 4) is 0 Å². The molecular weight excluding hydrogens is 715 g/mol. The van der Waals surface area contributed by atoms with Crippen molar-refractivity contribution >= 4 is 51.7 Å². The van der Waals surface area contributed by atoms with Gasteiger partial charge in [-0.2, -0.15) is 0 Å². The van der Waals surface area contributed by atoms with Gasteiger partial charge in [0.2, 0.25) is 5.91 Å². The van der Waals surface area contributed by atoms with Gasteiger partial charge < -0.3 is 25.4 Å². The van der Waals surface area contributed by atoms with Crippen LogP contribution in [0.4, 0.5) is 10.7 Å². The van der Waals surface area contributed by atoms with E-state index >= 15 is 0 Å². The molecule has 3 N–H and O–H groups in total. The maximum atomic E-state index is 13.9. The Morgan fingerprint density at radius 2 is 1.49 bits per heavy atom. The average molecular weight is 766 g/mol. The number of carboxylic acid groups (broad SMARTS) is 1. The number of carbonyl (C=O) groups is 5. The average Bonchev–Trinajstić information content (AvgIpc) is 3.54. The highest BCUT2D eigenvalue weighted by Crippen LogP contribution is 2.39. The molecule has 0 aliphatic heterocycles. The van der Waals surface area contributed by atoms with Gasteiger partial charge in [0.25, 0.3) is 11.8 Å². The number of hydrogen-bond donors (Lipinski definition) is 3. The summed E-state index contributed by atoms with van der Waals surface area (Å²) >= 11 is 1.46. The minimum absolute atomic E-state index is 0.104. The Morgan fingerprint density at radius 3 is 2.13 bits per heavy atom. The largest absolute Gasteiger partial charge is 0.481 e. The summed E-state index contributed by atoms with van der Waals surface area (Å²) in [5.74, 6) is -2.04. The topological polar surface area (TPSA) is 142 Å². The number of nitrogens with zero attached hydrogens (tertiary/aromatic N) is 1. The molecule has 1 aliphatic carbocycles. The zero-order valence-electron chi connectivity index (χ0n) is 32.3. The number of thiophene rings is 1. The molecule has 5 rings (SSSR count). The molecule has 3 aromatic carbocycles. The van der Waals surface area contributed by atoms with Gasteiger partial charge in [-0.3, -0.25) is 19.2 Å². The molecule has 0 spiro atoms. The Labute approximate surface area is 327 Å². The number of benzene rings is 3. The van der Waals surface area contributed by atoms with Crippen LogP contribution < -0.4 is 10.6 Å². The first-order valence-electron chi connectivity index (χ1n) is 18.9. The molecule has 290 valence electrons. The molecule has 0 bridgehead atoms. The molecule has 1 aromatic heterocycles. The number of hydrogen-bond acceptors (Lipinski definition) is 7. The van der Waals surface area contributed by atoms with Crippen molar-refractivity contribution in [2.75, 3.05) is 17.7 Å². The molecule has 0 saturated carbocycles. The van der Waals surface area contributed by atoms with Crippen molar-refractivity contribution in [2.24, 2.45) is 5.41 Å². The van der Waals surface area contributed by atoms with Crippen LogP contribution >= 0.6 is 11.3 Å². The maximum Gasteiger partial charge on any atom is 0.337 e. The van der Waals surface area contributed by atoms with E-state index in [2.05, 4.69) is 10.6 Å². The van der Waals surface area contributed by atoms with Gasteiger partial charge in [-0.25, -0.2) is 4.79 Å². The van der Waals surface area contributed by atoms with Gasteiger partial charge in [-0.1, -0.05) is 36.4 Å². The number of rotatable bonds is 16. The molecule has 11 heteroatoms. The van der Waals surface area contributed by atoms with E-state index in [1.165, 1.54) is 18.4 Å². The number of nitrogens with one attached hydrogen (secondary N) is 2. The van der Waals surface area contributed by atoms with E-state index in [1.54, 1.807) is 49.1 Å². The summed E-state index contributed by atoms with van der Waals surface area (Å²) in [6.45, 7) is 7.33. The lowest BCUT2D eigenvalue weighted by Crippen LogP contribution is -2.37. The number of carboxylic acids is 1. The van der Waals surface area contributed by atoms with Crippen LogP contribution in [0.1, 0.15) is 118 Å². The zero-order chi connectivity index (χ0) is 39.7. The van der Waals surface area contributed by atoms with E-state index in [9.17, 15) is 29.1 Å². The molecule has 0 unspecified atom stereocenters. The molecule has 55 heavy (non-hydrogen) atoms. The first kappa shape index (κ1) is 40.9. The van der Waals surface area contributed by atoms with Gasteiger partial charge in [-0.05, 0) is 138 Å². The Bertz CT molecular complexity index is 2020. The summed E-state index contributed by atoms with van der Waals surface area (Å²) in [5.41, 5.74) is 5.16. The number of aryl methyl sites for hydroxylation is 3. The molecule has 3 amide bonds. The van der Waals surface area contributed by atoms with Crippen LogP contribution in [-0.2, 0) is 46.6 Å². The van der Waals surface area contributed by atoms with Gasteiger partial charge in [0.15, 0.2) is 0 Å². The minimum atomic E-state index is -1.01. The zero-order valence-corrected chi connectivity index (χ0v) is 33.1. The third kappa shape index (κ3) is 10.7. The van der Waals surface area contributed by atoms with Crippen molar-refractivity contribution in [3.63, 3.8) is 0 Å². The number of esters is 1. The van der Waals surface area contributed by atoms with E-state index in [0.717, 1.165) is 72.1 Å². The van der Waals surface area contributed by atoms with Crippen molar-refractivity contribution in [2.45, 2.75) is 98.1 Å². The molecule has 0 saturated heterocycles. The number of fused-ring (bicyclic) bond motifs is 1. The summed E-state index contributed by atoms with van der Waals surface area (Å²) in [5, 5.41) is 16.1. The number of aliphatic carboxylic acids is 1. The van der Waals surface area contributed by atoms with Crippen molar-refractivity contribution in [1.29, 1.82) is 0 Å². The van der Waals surface area contributed by atoms with E-state index < -0.39 is 11.4 Å². The lowest BCUT2D eigenvalue weighted by Gasteiger charge is -2.28. The first-order chi connectivity index (χ1) is 26.2. The van der Waals surface area contributed by atoms with E-state index in [0.29, 0.717) is 27.4 Å². The molecule has 0 fully saturated rings. The molecule has 0 radical (unpaired) electrons. The Hall–Kier alpha value is -5.29. The second-order valence-corrected chi connectivity index (χ2v) is 16.2. The Morgan fingerprint density at radius 1 is 0.836 bits per heavy atom. The van der Waals surface area contributed by atoms with Crippen LogP contribution in [0.5, 0.6) is 0 Å². The molecule has 0 atom stereocenters. The molecule has 4 aromatic rings. The summed E-state index contributed by atoms with van der Waals surface area (Å²) in [4.78, 5) is 66.9. The van der Waals surface area contributed by atoms with Crippen LogP contribution in [0.3, 0.4) is 0 Å². The summed E-state index contributed by atoms with van der Waals surface area (Å²) < 4.78 is 4.77. The third-order valence-electron chi connectivity index (χ3n) is 10.2. The quantitative estimate of drug-likeness (QED) is 0.0969. The highest BCUT2D eigenvalue weighted by Gasteiger charge is 2.30. The predicted molar refractivity (Wildman–Crippen MR) is 216 cm³/mol. The van der Waals surface area contributed by atoms with Crippen molar-refractivity contribution in [1.82, 2.24) is 4.90 Å². The highest BCUT2D eigenvalue weighted by molar-refractivity contribution is 7.17. The van der Waals surface area contributed by atoms with Crippen molar-refractivity contribution < 1.29 is 33.8 Å². The maximum absolute atomic E-state index is 13.9. The van der Waals surface area contributed by atoms with E-state index in [1.807, 2.05) is 56.3 Å². The molecule has 1 heterocycles. The second kappa shape index (κ2) is 18.4. The van der Waals surface area contributed by atoms with E-state index in [4.69, 9.17) is 4.74 Å². The molecule has 10 nitrogen and oxygen atoms in total. The van der Waals surface area contributed by atoms with Crippen molar-refractivity contribution in [3.05, 3.63) is 117 Å². The van der Waals surface area contributed by atoms with Crippen LogP contribution in [0.15, 0.2) is 72.8 Å². The predicted octanol–water partition coefficient (Wildman–Crippen LogP) is 8.72. The van der Waals surface area contributed by atoms with Crippen LogP contribution in [0.2, 0.25) is 0 Å². The van der Waals surface area contributed by atoms with Crippen LogP contribution in [0, 0.1) is 5.41 Å². The van der Waals surface area contributed by atoms with E-state index in [-0.39, 0.29) is 49.1 Å². The number of amides is 3. The number of ether oxygens (including phenoxy) is 1. The van der Waals surface area contributed by atoms with Gasteiger partial charge in [0.1, 0.15) is 5.00 Å². The normalized spacial score (nSPS) is 12.5. The second-order valence-electron chi connectivity index (χ2n) is 15.1. The number of anilines is 2. The van der Waals surface area contributed by atoms with Gasteiger partial charge in [-0.15, -0.1) is 11.3 Å². The molecular formula is C44H51N3O7S. The Kier molecular flexibility index (Phi) is 13.6. The highest BCUT2D eigenvalue weighted by atomic mass is 32.1. The lowest BCUT2D eigenvalue weighted by molar-refractivity contribution is -0.147. The van der Waals surface area contributed by atoms with Gasteiger partial charge >= 0.3 is 11.9 Å². The molecule has 1 aliphatic rings. The van der Waals surface area contributed by atoms with Crippen LogP contribution in [0.25, 0.3) is 0 Å². The fourth-order valence-electron chi connectivity index (χ4n) is 6.68. The van der Waals surface area contributed by atoms with Gasteiger partial charge in [0.05, 0.1) is 23.7 Å². The monoisotopic (exact) mass is 765 g/mol. The fraction of sp³-hybridized carbons (Fsp3) is 0.386. The smallest absolute Gasteiger partial charge is 0.337 e. The minimum Gasteiger partial charge on any atom is -0.481 e. The van der Waals surface area contributed by atoms with Crippen LogP contribution in [-0.4, -0.2) is 52.8 Å².